The molecule has 0 aromatic heterocycles. The molecular formula is C8H19N2OP. The second-order valence-electron chi connectivity index (χ2n) is 4.14. The Hall–Kier alpha value is 0.150. The minimum absolute atomic E-state index is 0.792. The van der Waals surface area contributed by atoms with Gasteiger partial charge in [0.2, 0.25) is 0 Å². The Balaban J connectivity index is 2.31. The fourth-order valence-electron chi connectivity index (χ4n) is 1.47. The maximum atomic E-state index is 11.5. The highest BCUT2D eigenvalue weighted by Crippen LogP contribution is 2.36. The minimum Gasteiger partial charge on any atom is -0.323 e. The Morgan fingerprint density at radius 3 is 2.08 bits per heavy atom. The molecule has 0 unspecified atom stereocenters. The molecular weight excluding hydrogens is 171 g/mol. The summed E-state index contributed by atoms with van der Waals surface area (Å²) in [4.78, 5) is 4.62. The van der Waals surface area contributed by atoms with Crippen molar-refractivity contribution in [2.24, 2.45) is 0 Å². The summed E-state index contributed by atoms with van der Waals surface area (Å²) >= 11 is 0. The van der Waals surface area contributed by atoms with Gasteiger partial charge in [-0.25, -0.2) is 0 Å². The molecule has 0 saturated carbocycles. The van der Waals surface area contributed by atoms with E-state index in [4.69, 9.17) is 0 Å². The van der Waals surface area contributed by atoms with Gasteiger partial charge in [-0.05, 0) is 20.4 Å². The fraction of sp³-hybridized carbons (Fsp3) is 1.00. The fourth-order valence-corrected chi connectivity index (χ4v) is 2.72. The summed E-state index contributed by atoms with van der Waals surface area (Å²) in [6.07, 6.45) is 0.792. The van der Waals surface area contributed by atoms with Gasteiger partial charge in [-0.15, -0.1) is 0 Å². The van der Waals surface area contributed by atoms with E-state index in [-0.39, 0.29) is 0 Å². The van der Waals surface area contributed by atoms with E-state index >= 15 is 0 Å². The predicted molar refractivity (Wildman–Crippen MR) is 53.4 cm³/mol. The molecule has 1 fully saturated rings. The summed E-state index contributed by atoms with van der Waals surface area (Å²) in [5.74, 6) is 0. The van der Waals surface area contributed by atoms with Crippen LogP contribution in [0.25, 0.3) is 0 Å². The van der Waals surface area contributed by atoms with Crippen molar-refractivity contribution in [2.75, 3.05) is 52.8 Å². The van der Waals surface area contributed by atoms with Crippen LogP contribution in [0.5, 0.6) is 0 Å². The third-order valence-corrected chi connectivity index (χ3v) is 3.22. The highest BCUT2D eigenvalue weighted by molar-refractivity contribution is 7.62. The zero-order valence-electron chi connectivity index (χ0n) is 8.29. The average molecular weight is 190 g/mol. The highest BCUT2D eigenvalue weighted by atomic mass is 31.2. The van der Waals surface area contributed by atoms with Crippen LogP contribution in [0.15, 0.2) is 0 Å². The first-order valence-corrected chi connectivity index (χ1v) is 7.21. The van der Waals surface area contributed by atoms with Gasteiger partial charge in [0, 0.05) is 26.2 Å². The number of likely N-dealkylation sites (N-methyl/N-ethyl adjacent to an activating group) is 1. The molecule has 0 aromatic rings. The topological polar surface area (TPSA) is 23.6 Å². The van der Waals surface area contributed by atoms with E-state index < -0.39 is 7.14 Å². The SMILES string of the molecule is CN1CCN(CP(C)(C)=O)CC1. The molecule has 0 bridgehead atoms. The van der Waals surface area contributed by atoms with Crippen LogP contribution in [0.2, 0.25) is 0 Å². The first kappa shape index (κ1) is 10.2. The first-order chi connectivity index (χ1) is 5.47. The molecule has 1 aliphatic rings. The van der Waals surface area contributed by atoms with Crippen molar-refractivity contribution in [2.45, 2.75) is 0 Å². The van der Waals surface area contributed by atoms with Gasteiger partial charge >= 0.3 is 0 Å². The summed E-state index contributed by atoms with van der Waals surface area (Å²) in [5, 5.41) is 0. The quantitative estimate of drug-likeness (QED) is 0.602. The second kappa shape index (κ2) is 3.91. The Bertz CT molecular complexity index is 181. The van der Waals surface area contributed by atoms with Crippen molar-refractivity contribution in [1.82, 2.24) is 9.80 Å². The molecule has 1 aliphatic heterocycles. The normalized spacial score (nSPS) is 22.9. The van der Waals surface area contributed by atoms with Crippen molar-refractivity contribution in [1.29, 1.82) is 0 Å². The molecule has 0 spiro atoms. The molecule has 1 saturated heterocycles. The van der Waals surface area contributed by atoms with Gasteiger partial charge in [-0.3, -0.25) is 4.90 Å². The lowest BCUT2D eigenvalue weighted by molar-refractivity contribution is 0.172. The summed E-state index contributed by atoms with van der Waals surface area (Å²) in [6.45, 7) is 8.10. The van der Waals surface area contributed by atoms with Crippen molar-refractivity contribution in [3.05, 3.63) is 0 Å². The van der Waals surface area contributed by atoms with Crippen LogP contribution in [-0.4, -0.2) is 62.6 Å². The van der Waals surface area contributed by atoms with E-state index in [1.165, 1.54) is 0 Å². The van der Waals surface area contributed by atoms with Crippen molar-refractivity contribution >= 4 is 7.14 Å². The minimum atomic E-state index is -1.85. The molecule has 3 nitrogen and oxygen atoms in total. The maximum Gasteiger partial charge on any atom is 0.0951 e. The van der Waals surface area contributed by atoms with E-state index in [0.29, 0.717) is 0 Å². The second-order valence-corrected chi connectivity index (χ2v) is 7.57. The lowest BCUT2D eigenvalue weighted by Gasteiger charge is -2.33. The Morgan fingerprint density at radius 2 is 1.67 bits per heavy atom. The third kappa shape index (κ3) is 3.70. The standard InChI is InChI=1S/C8H19N2OP/c1-9-4-6-10(7-5-9)8-12(2,3)11/h4-8H2,1-3H3. The van der Waals surface area contributed by atoms with Gasteiger partial charge in [0.1, 0.15) is 0 Å². The van der Waals surface area contributed by atoms with Gasteiger partial charge in [0.05, 0.1) is 13.4 Å². The van der Waals surface area contributed by atoms with Crippen molar-refractivity contribution in [3.63, 3.8) is 0 Å². The predicted octanol–water partition coefficient (Wildman–Crippen LogP) is 0.814. The lowest BCUT2D eigenvalue weighted by Crippen LogP contribution is -2.44. The number of hydrogen-bond donors (Lipinski definition) is 0. The average Bonchev–Trinajstić information content (AvgIpc) is 1.91. The number of nitrogens with zero attached hydrogens (tertiary/aromatic N) is 2. The van der Waals surface area contributed by atoms with Gasteiger partial charge in [-0.2, -0.15) is 0 Å². The smallest absolute Gasteiger partial charge is 0.0951 e. The van der Waals surface area contributed by atoms with Crippen molar-refractivity contribution in [3.8, 4) is 0 Å². The summed E-state index contributed by atoms with van der Waals surface area (Å²) in [6, 6.07) is 0. The van der Waals surface area contributed by atoms with Crippen LogP contribution in [0.1, 0.15) is 0 Å². The summed E-state index contributed by atoms with van der Waals surface area (Å²) < 4.78 is 11.5. The molecule has 0 aromatic carbocycles. The van der Waals surface area contributed by atoms with Gasteiger partial charge in [0.25, 0.3) is 0 Å². The van der Waals surface area contributed by atoms with Crippen LogP contribution in [0.4, 0.5) is 0 Å². The molecule has 0 radical (unpaired) electrons. The lowest BCUT2D eigenvalue weighted by atomic mass is 10.4. The van der Waals surface area contributed by atoms with Crippen LogP contribution in [0.3, 0.4) is 0 Å². The number of rotatable bonds is 2. The maximum absolute atomic E-state index is 11.5. The molecule has 1 heterocycles. The molecule has 12 heavy (non-hydrogen) atoms. The molecule has 0 amide bonds. The van der Waals surface area contributed by atoms with E-state index in [0.717, 1.165) is 32.5 Å². The van der Waals surface area contributed by atoms with E-state index in [1.807, 2.05) is 13.3 Å². The molecule has 0 aliphatic carbocycles. The number of piperazine rings is 1. The summed E-state index contributed by atoms with van der Waals surface area (Å²) in [5.41, 5.74) is 0. The third-order valence-electron chi connectivity index (χ3n) is 2.14. The zero-order chi connectivity index (χ0) is 9.19. The summed E-state index contributed by atoms with van der Waals surface area (Å²) in [7, 11) is 0.287. The van der Waals surface area contributed by atoms with Gasteiger partial charge in [0.15, 0.2) is 0 Å². The van der Waals surface area contributed by atoms with E-state index in [1.54, 1.807) is 0 Å². The highest BCUT2D eigenvalue weighted by Gasteiger charge is 2.18. The van der Waals surface area contributed by atoms with Crippen LogP contribution < -0.4 is 0 Å². The van der Waals surface area contributed by atoms with Crippen molar-refractivity contribution < 1.29 is 4.57 Å². The van der Waals surface area contributed by atoms with Crippen LogP contribution in [-0.2, 0) is 4.57 Å². The van der Waals surface area contributed by atoms with Gasteiger partial charge < -0.3 is 9.46 Å². The molecule has 0 N–H and O–H groups in total. The molecule has 72 valence electrons. The van der Waals surface area contributed by atoms with E-state index in [9.17, 15) is 4.57 Å². The first-order valence-electron chi connectivity index (χ1n) is 4.42. The van der Waals surface area contributed by atoms with Crippen LogP contribution in [0, 0.1) is 0 Å². The largest absolute Gasteiger partial charge is 0.323 e. The zero-order valence-corrected chi connectivity index (χ0v) is 9.18. The Kier molecular flexibility index (Phi) is 3.33. The molecule has 0 atom stereocenters. The van der Waals surface area contributed by atoms with Gasteiger partial charge in [-0.1, -0.05) is 0 Å². The Morgan fingerprint density at radius 1 is 1.17 bits per heavy atom. The van der Waals surface area contributed by atoms with E-state index in [2.05, 4.69) is 16.8 Å². The number of hydrogen-bond acceptors (Lipinski definition) is 3. The molecule has 1 rings (SSSR count). The monoisotopic (exact) mass is 190 g/mol. The molecule has 4 heteroatoms. The Labute approximate surface area is 75.1 Å². The van der Waals surface area contributed by atoms with Crippen LogP contribution >= 0.6 is 7.14 Å².